The lowest BCUT2D eigenvalue weighted by atomic mass is 9.98. The molecule has 1 aromatic rings. The molecule has 1 aliphatic rings. The molecular weight excluding hydrogens is 226 g/mol. The quantitative estimate of drug-likeness (QED) is 0.890. The zero-order valence-electron chi connectivity index (χ0n) is 11.3. The summed E-state index contributed by atoms with van der Waals surface area (Å²) in [5, 5.41) is 3.04. The van der Waals surface area contributed by atoms with E-state index in [1.54, 1.807) is 0 Å². The van der Waals surface area contributed by atoms with Gasteiger partial charge in [-0.3, -0.25) is 4.79 Å². The number of hydrogen-bond donors (Lipinski definition) is 1. The minimum Gasteiger partial charge on any atom is -0.368 e. The number of ether oxygens (including phenoxy) is 1. The van der Waals surface area contributed by atoms with E-state index in [0.29, 0.717) is 12.5 Å². The number of hydrogen-bond acceptors (Lipinski definition) is 2. The maximum atomic E-state index is 12.1. The van der Waals surface area contributed by atoms with Crippen LogP contribution in [-0.2, 0) is 9.53 Å². The Morgan fingerprint density at radius 1 is 1.44 bits per heavy atom. The smallest absolute Gasteiger partial charge is 0.253 e. The van der Waals surface area contributed by atoms with Crippen LogP contribution in [0.1, 0.15) is 43.7 Å². The maximum absolute atomic E-state index is 12.1. The van der Waals surface area contributed by atoms with Crippen molar-refractivity contribution in [3.8, 4) is 0 Å². The number of carbonyl (C=O) groups excluding carboxylic acids is 1. The Bertz CT molecular complexity index is 434. The number of carbonyl (C=O) groups is 1. The molecule has 0 bridgehead atoms. The predicted molar refractivity (Wildman–Crippen MR) is 72.9 cm³/mol. The lowest BCUT2D eigenvalue weighted by Crippen LogP contribution is -2.27. The highest BCUT2D eigenvalue weighted by molar-refractivity contribution is 5.95. The zero-order valence-corrected chi connectivity index (χ0v) is 11.3. The average molecular weight is 247 g/mol. The van der Waals surface area contributed by atoms with Gasteiger partial charge in [0.25, 0.3) is 5.91 Å². The third-order valence-corrected chi connectivity index (χ3v) is 3.40. The van der Waals surface area contributed by atoms with E-state index in [-0.39, 0.29) is 12.0 Å². The van der Waals surface area contributed by atoms with Crippen molar-refractivity contribution < 1.29 is 9.53 Å². The number of anilines is 1. The minimum absolute atomic E-state index is 0.0105. The summed E-state index contributed by atoms with van der Waals surface area (Å²) in [7, 11) is 0. The molecule has 1 N–H and O–H groups in total. The van der Waals surface area contributed by atoms with E-state index in [0.717, 1.165) is 24.1 Å². The number of benzene rings is 1. The van der Waals surface area contributed by atoms with Crippen molar-refractivity contribution in [1.29, 1.82) is 0 Å². The Morgan fingerprint density at radius 2 is 2.22 bits per heavy atom. The summed E-state index contributed by atoms with van der Waals surface area (Å²) in [6, 6.07) is 6.13. The van der Waals surface area contributed by atoms with Crippen LogP contribution in [-0.4, -0.2) is 18.6 Å². The standard InChI is InChI=1S/C15H21NO2/c1-10(2)12-7-4-6-11(3)14(12)16-15(17)13-8-5-9-18-13/h4,6-7,10,13H,5,8-9H2,1-3H3,(H,16,17). The van der Waals surface area contributed by atoms with Gasteiger partial charge in [0.05, 0.1) is 0 Å². The van der Waals surface area contributed by atoms with Crippen LogP contribution >= 0.6 is 0 Å². The summed E-state index contributed by atoms with van der Waals surface area (Å²) in [6.45, 7) is 6.99. The Balaban J connectivity index is 2.19. The van der Waals surface area contributed by atoms with Crippen molar-refractivity contribution in [2.24, 2.45) is 0 Å². The summed E-state index contributed by atoms with van der Waals surface area (Å²) >= 11 is 0. The van der Waals surface area contributed by atoms with Crippen LogP contribution in [0.25, 0.3) is 0 Å². The number of nitrogens with one attached hydrogen (secondary N) is 1. The van der Waals surface area contributed by atoms with Gasteiger partial charge >= 0.3 is 0 Å². The Labute approximate surface area is 109 Å². The monoisotopic (exact) mass is 247 g/mol. The van der Waals surface area contributed by atoms with Crippen LogP contribution in [0.15, 0.2) is 18.2 Å². The van der Waals surface area contributed by atoms with Gasteiger partial charge in [-0.05, 0) is 36.8 Å². The molecule has 1 amide bonds. The van der Waals surface area contributed by atoms with Crippen molar-refractivity contribution >= 4 is 11.6 Å². The van der Waals surface area contributed by atoms with E-state index in [4.69, 9.17) is 4.74 Å². The fraction of sp³-hybridized carbons (Fsp3) is 0.533. The molecule has 98 valence electrons. The van der Waals surface area contributed by atoms with E-state index in [2.05, 4.69) is 25.2 Å². The zero-order chi connectivity index (χ0) is 13.1. The van der Waals surface area contributed by atoms with Gasteiger partial charge in [-0.25, -0.2) is 0 Å². The molecule has 0 saturated carbocycles. The predicted octanol–water partition coefficient (Wildman–Crippen LogP) is 3.24. The van der Waals surface area contributed by atoms with Crippen molar-refractivity contribution in [2.75, 3.05) is 11.9 Å². The second kappa shape index (κ2) is 5.53. The summed E-state index contributed by atoms with van der Waals surface area (Å²) in [4.78, 5) is 12.1. The van der Waals surface area contributed by atoms with Gasteiger partial charge in [0, 0.05) is 12.3 Å². The molecule has 1 atom stereocenters. The normalized spacial score (nSPS) is 19.2. The van der Waals surface area contributed by atoms with Gasteiger partial charge in [0.1, 0.15) is 6.10 Å². The molecule has 1 saturated heterocycles. The van der Waals surface area contributed by atoms with E-state index in [1.807, 2.05) is 19.1 Å². The molecule has 1 aromatic carbocycles. The summed E-state index contributed by atoms with van der Waals surface area (Å²) in [5.74, 6) is 0.383. The van der Waals surface area contributed by atoms with E-state index in [9.17, 15) is 4.79 Å². The van der Waals surface area contributed by atoms with Crippen LogP contribution in [0.3, 0.4) is 0 Å². The number of para-hydroxylation sites is 1. The highest BCUT2D eigenvalue weighted by Gasteiger charge is 2.24. The van der Waals surface area contributed by atoms with E-state index in [1.165, 1.54) is 5.56 Å². The summed E-state index contributed by atoms with van der Waals surface area (Å²) in [5.41, 5.74) is 3.24. The number of rotatable bonds is 3. The first-order valence-corrected chi connectivity index (χ1v) is 6.61. The number of amides is 1. The van der Waals surface area contributed by atoms with Crippen molar-refractivity contribution in [2.45, 2.75) is 45.6 Å². The fourth-order valence-electron chi connectivity index (χ4n) is 2.33. The van der Waals surface area contributed by atoms with Gasteiger partial charge < -0.3 is 10.1 Å². The maximum Gasteiger partial charge on any atom is 0.253 e. The van der Waals surface area contributed by atoms with Gasteiger partial charge in [-0.2, -0.15) is 0 Å². The highest BCUT2D eigenvalue weighted by Crippen LogP contribution is 2.28. The molecule has 1 fully saturated rings. The first-order valence-electron chi connectivity index (χ1n) is 6.61. The molecule has 3 heteroatoms. The Morgan fingerprint density at radius 3 is 2.83 bits per heavy atom. The molecule has 3 nitrogen and oxygen atoms in total. The lowest BCUT2D eigenvalue weighted by Gasteiger charge is -2.18. The average Bonchev–Trinajstić information content (AvgIpc) is 2.85. The van der Waals surface area contributed by atoms with Crippen LogP contribution < -0.4 is 5.32 Å². The van der Waals surface area contributed by atoms with E-state index >= 15 is 0 Å². The molecule has 0 aliphatic carbocycles. The van der Waals surface area contributed by atoms with Gasteiger partial charge in [0.15, 0.2) is 0 Å². The van der Waals surface area contributed by atoms with Crippen LogP contribution in [0, 0.1) is 6.92 Å². The SMILES string of the molecule is Cc1cccc(C(C)C)c1NC(=O)C1CCCO1. The van der Waals surface area contributed by atoms with Gasteiger partial charge in [-0.1, -0.05) is 32.0 Å². The second-order valence-corrected chi connectivity index (χ2v) is 5.18. The summed E-state index contributed by atoms with van der Waals surface area (Å²) in [6.07, 6.45) is 1.53. The molecule has 1 heterocycles. The van der Waals surface area contributed by atoms with Crippen molar-refractivity contribution in [3.63, 3.8) is 0 Å². The van der Waals surface area contributed by atoms with Crippen LogP contribution in [0.5, 0.6) is 0 Å². The molecule has 18 heavy (non-hydrogen) atoms. The topological polar surface area (TPSA) is 38.3 Å². The largest absolute Gasteiger partial charge is 0.368 e. The molecule has 0 radical (unpaired) electrons. The number of aryl methyl sites for hydroxylation is 1. The first-order chi connectivity index (χ1) is 8.59. The first kappa shape index (κ1) is 13.1. The van der Waals surface area contributed by atoms with Crippen molar-refractivity contribution in [3.05, 3.63) is 29.3 Å². The third kappa shape index (κ3) is 2.72. The van der Waals surface area contributed by atoms with Crippen LogP contribution in [0.2, 0.25) is 0 Å². The Kier molecular flexibility index (Phi) is 4.02. The summed E-state index contributed by atoms with van der Waals surface area (Å²) < 4.78 is 5.42. The van der Waals surface area contributed by atoms with Gasteiger partial charge in [0.2, 0.25) is 0 Å². The molecule has 1 aliphatic heterocycles. The lowest BCUT2D eigenvalue weighted by molar-refractivity contribution is -0.124. The molecular formula is C15H21NO2. The Hall–Kier alpha value is -1.35. The molecule has 0 spiro atoms. The van der Waals surface area contributed by atoms with Gasteiger partial charge in [-0.15, -0.1) is 0 Å². The second-order valence-electron chi connectivity index (χ2n) is 5.18. The van der Waals surface area contributed by atoms with Crippen LogP contribution in [0.4, 0.5) is 5.69 Å². The molecule has 2 rings (SSSR count). The molecule has 1 unspecified atom stereocenters. The third-order valence-electron chi connectivity index (χ3n) is 3.40. The fourth-order valence-corrected chi connectivity index (χ4v) is 2.33. The minimum atomic E-state index is -0.274. The van der Waals surface area contributed by atoms with E-state index < -0.39 is 0 Å². The van der Waals surface area contributed by atoms with Crippen molar-refractivity contribution in [1.82, 2.24) is 0 Å². The highest BCUT2D eigenvalue weighted by atomic mass is 16.5. The molecule has 0 aromatic heterocycles.